The molecule has 9 heteroatoms. The van der Waals surface area contributed by atoms with Crippen molar-refractivity contribution in [1.29, 1.82) is 0 Å². The number of pyridine rings is 1. The summed E-state index contributed by atoms with van der Waals surface area (Å²) < 4.78 is 46.5. The molecule has 3 aromatic rings. The Bertz CT molecular complexity index is 1360. The van der Waals surface area contributed by atoms with E-state index in [4.69, 9.17) is 9.94 Å². The molecule has 38 heavy (non-hydrogen) atoms. The van der Waals surface area contributed by atoms with Crippen molar-refractivity contribution in [2.24, 2.45) is 5.92 Å². The number of piperidine rings is 1. The van der Waals surface area contributed by atoms with Crippen molar-refractivity contribution >= 4 is 16.8 Å². The van der Waals surface area contributed by atoms with Gasteiger partial charge in [-0.05, 0) is 68.4 Å². The normalized spacial score (nSPS) is 17.6. The highest BCUT2D eigenvalue weighted by atomic mass is 19.1. The zero-order valence-electron chi connectivity index (χ0n) is 21.4. The molecule has 0 saturated carbocycles. The molecule has 4 rings (SSSR count). The average Bonchev–Trinajstić information content (AvgIpc) is 2.91. The van der Waals surface area contributed by atoms with Crippen molar-refractivity contribution in [1.82, 2.24) is 15.4 Å². The van der Waals surface area contributed by atoms with Gasteiger partial charge in [0.1, 0.15) is 23.2 Å². The first-order valence-electron chi connectivity index (χ1n) is 12.5. The number of fused-ring (bicyclic) bond motifs is 1. The first-order chi connectivity index (χ1) is 18.3. The van der Waals surface area contributed by atoms with Gasteiger partial charge in [-0.1, -0.05) is 11.8 Å². The van der Waals surface area contributed by atoms with Gasteiger partial charge in [-0.3, -0.25) is 19.9 Å². The molecule has 2 N–H and O–H groups in total. The van der Waals surface area contributed by atoms with E-state index >= 15 is 0 Å². The lowest BCUT2D eigenvalue weighted by Crippen LogP contribution is -2.46. The lowest BCUT2D eigenvalue weighted by Gasteiger charge is -2.38. The van der Waals surface area contributed by atoms with Gasteiger partial charge in [0.15, 0.2) is 0 Å². The quantitative estimate of drug-likeness (QED) is 0.260. The van der Waals surface area contributed by atoms with E-state index in [9.17, 15) is 18.0 Å². The van der Waals surface area contributed by atoms with Crippen molar-refractivity contribution < 1.29 is 27.9 Å². The molecule has 2 atom stereocenters. The highest BCUT2D eigenvalue weighted by Crippen LogP contribution is 2.29. The number of aryl methyl sites for hydroxylation is 2. The zero-order valence-corrected chi connectivity index (χ0v) is 21.4. The van der Waals surface area contributed by atoms with Crippen LogP contribution in [-0.4, -0.2) is 47.2 Å². The molecule has 1 amide bonds. The Labute approximate surface area is 219 Å². The topological polar surface area (TPSA) is 74.7 Å². The van der Waals surface area contributed by atoms with Gasteiger partial charge in [0.25, 0.3) is 0 Å². The maximum atomic E-state index is 14.0. The molecule has 1 saturated heterocycles. The van der Waals surface area contributed by atoms with Gasteiger partial charge in [-0.15, -0.1) is 0 Å². The summed E-state index contributed by atoms with van der Waals surface area (Å²) in [6.45, 7) is 2.81. The van der Waals surface area contributed by atoms with Crippen LogP contribution >= 0.6 is 0 Å². The Balaban J connectivity index is 1.49. The number of hydrogen-bond acceptors (Lipinski definition) is 5. The number of rotatable bonds is 7. The van der Waals surface area contributed by atoms with Crippen LogP contribution in [-0.2, 0) is 11.2 Å². The minimum Gasteiger partial charge on any atom is -0.497 e. The fourth-order valence-electron chi connectivity index (χ4n) is 5.13. The molecule has 0 aliphatic carbocycles. The Morgan fingerprint density at radius 3 is 2.71 bits per heavy atom. The second-order valence-corrected chi connectivity index (χ2v) is 9.56. The summed E-state index contributed by atoms with van der Waals surface area (Å²) in [4.78, 5) is 18.7. The van der Waals surface area contributed by atoms with Gasteiger partial charge in [0.2, 0.25) is 5.91 Å². The number of aromatic nitrogens is 1. The fraction of sp³-hybridized carbons (Fsp3) is 0.379. The molecule has 0 spiro atoms. The molecule has 2 unspecified atom stereocenters. The van der Waals surface area contributed by atoms with Crippen molar-refractivity contribution in [2.45, 2.75) is 45.1 Å². The summed E-state index contributed by atoms with van der Waals surface area (Å²) in [6.07, 6.45) is 5.28. The van der Waals surface area contributed by atoms with Gasteiger partial charge < -0.3 is 4.74 Å². The molecular weight excluding hydrogens is 495 g/mol. The van der Waals surface area contributed by atoms with Crippen LogP contribution in [0.5, 0.6) is 5.75 Å². The Morgan fingerprint density at radius 2 is 2.00 bits per heavy atom. The summed E-state index contributed by atoms with van der Waals surface area (Å²) in [7, 11) is 1.63. The van der Waals surface area contributed by atoms with E-state index in [1.165, 1.54) is 5.56 Å². The number of amides is 1. The third-order valence-corrected chi connectivity index (χ3v) is 7.19. The van der Waals surface area contributed by atoms with Crippen LogP contribution in [0.3, 0.4) is 0 Å². The lowest BCUT2D eigenvalue weighted by atomic mass is 9.87. The molecule has 0 radical (unpaired) electrons. The number of carbonyl (C=O) groups is 1. The number of methoxy groups -OCH3 is 1. The van der Waals surface area contributed by atoms with Crippen LogP contribution in [0.25, 0.3) is 10.9 Å². The molecule has 1 fully saturated rings. The SMILES string of the molecule is COc1ccc2ncc(C)c(CCCC3CC(C(=O)NO)CCN3CC#Cc3c(F)cc(F)cc3F)c2c1. The molecule has 0 bridgehead atoms. The number of benzene rings is 2. The Morgan fingerprint density at radius 1 is 1.24 bits per heavy atom. The summed E-state index contributed by atoms with van der Waals surface area (Å²) in [5, 5.41) is 10.2. The maximum Gasteiger partial charge on any atom is 0.246 e. The first kappa shape index (κ1) is 27.4. The van der Waals surface area contributed by atoms with E-state index in [0.29, 0.717) is 31.5 Å². The van der Waals surface area contributed by atoms with Crippen molar-refractivity contribution in [2.75, 3.05) is 20.2 Å². The van der Waals surface area contributed by atoms with Gasteiger partial charge in [0, 0.05) is 42.2 Å². The summed E-state index contributed by atoms with van der Waals surface area (Å²) in [5.41, 5.74) is 4.44. The molecule has 1 aliphatic heterocycles. The minimum absolute atomic E-state index is 0.0220. The average molecular weight is 526 g/mol. The van der Waals surface area contributed by atoms with Crippen LogP contribution in [0.4, 0.5) is 13.2 Å². The predicted molar refractivity (Wildman–Crippen MR) is 137 cm³/mol. The summed E-state index contributed by atoms with van der Waals surface area (Å²) in [6, 6.07) is 6.99. The Hall–Kier alpha value is -3.61. The van der Waals surface area contributed by atoms with E-state index in [1.54, 1.807) is 12.6 Å². The predicted octanol–water partition coefficient (Wildman–Crippen LogP) is 4.93. The first-order valence-corrected chi connectivity index (χ1v) is 12.5. The number of nitrogens with one attached hydrogen (secondary N) is 1. The van der Waals surface area contributed by atoms with Crippen LogP contribution in [0.2, 0.25) is 0 Å². The zero-order chi connectivity index (χ0) is 27.2. The number of ether oxygens (including phenoxy) is 1. The van der Waals surface area contributed by atoms with E-state index < -0.39 is 28.9 Å². The largest absolute Gasteiger partial charge is 0.497 e. The molecule has 1 aliphatic rings. The molecule has 2 heterocycles. The molecule has 200 valence electrons. The number of carbonyl (C=O) groups excluding carboxylic acids is 1. The van der Waals surface area contributed by atoms with E-state index in [-0.39, 0.29) is 18.5 Å². The van der Waals surface area contributed by atoms with Crippen molar-refractivity contribution in [3.63, 3.8) is 0 Å². The second-order valence-electron chi connectivity index (χ2n) is 9.56. The molecule has 2 aromatic carbocycles. The lowest BCUT2D eigenvalue weighted by molar-refractivity contribution is -0.135. The number of nitrogens with zero attached hydrogens (tertiary/aromatic N) is 2. The third kappa shape index (κ3) is 6.26. The highest BCUT2D eigenvalue weighted by molar-refractivity contribution is 5.84. The van der Waals surface area contributed by atoms with Gasteiger partial charge >= 0.3 is 0 Å². The summed E-state index contributed by atoms with van der Waals surface area (Å²) >= 11 is 0. The standard InChI is InChI=1S/C29H30F3N3O3/c1-18-17-33-28-9-8-22(38-2)16-25(28)23(18)6-3-5-21-13-19(29(36)34-37)10-12-35(21)11-4-7-24-26(31)14-20(30)15-27(24)32/h8-9,14-17,19,21,37H,3,5-6,10-13H2,1-2H3,(H,34,36). The smallest absolute Gasteiger partial charge is 0.246 e. The highest BCUT2D eigenvalue weighted by Gasteiger charge is 2.31. The molecule has 1 aromatic heterocycles. The minimum atomic E-state index is -1.04. The van der Waals surface area contributed by atoms with E-state index in [0.717, 1.165) is 41.5 Å². The fourth-order valence-corrected chi connectivity index (χ4v) is 5.13. The van der Waals surface area contributed by atoms with Crippen LogP contribution < -0.4 is 10.2 Å². The second kappa shape index (κ2) is 12.3. The monoisotopic (exact) mass is 525 g/mol. The van der Waals surface area contributed by atoms with Crippen LogP contribution in [0.15, 0.2) is 36.5 Å². The summed E-state index contributed by atoms with van der Waals surface area (Å²) in [5.74, 6) is 2.24. The van der Waals surface area contributed by atoms with Crippen LogP contribution in [0, 0.1) is 42.1 Å². The number of halogens is 3. The van der Waals surface area contributed by atoms with Crippen LogP contribution in [0.1, 0.15) is 42.4 Å². The third-order valence-electron chi connectivity index (χ3n) is 7.19. The number of hydroxylamine groups is 1. The van der Waals surface area contributed by atoms with Gasteiger partial charge in [0.05, 0.1) is 24.7 Å². The van der Waals surface area contributed by atoms with E-state index in [2.05, 4.69) is 21.7 Å². The van der Waals surface area contributed by atoms with Crippen molar-refractivity contribution in [3.05, 3.63) is 70.7 Å². The maximum absolute atomic E-state index is 14.0. The van der Waals surface area contributed by atoms with Crippen molar-refractivity contribution in [3.8, 4) is 17.6 Å². The molecule has 6 nitrogen and oxygen atoms in total. The van der Waals surface area contributed by atoms with Gasteiger partial charge in [-0.25, -0.2) is 18.7 Å². The van der Waals surface area contributed by atoms with E-state index in [1.807, 2.05) is 31.3 Å². The molecular formula is C29H30F3N3O3. The van der Waals surface area contributed by atoms with Gasteiger partial charge in [-0.2, -0.15) is 0 Å². The number of likely N-dealkylation sites (tertiary alicyclic amines) is 1. The Kier molecular flexibility index (Phi) is 8.87. The number of hydrogen-bond donors (Lipinski definition) is 2.